The summed E-state index contributed by atoms with van der Waals surface area (Å²) in [6, 6.07) is 0. The van der Waals surface area contributed by atoms with Crippen molar-refractivity contribution in [3.63, 3.8) is 0 Å². The molecule has 0 amide bonds. The van der Waals surface area contributed by atoms with Gasteiger partial charge in [-0.3, -0.25) is 0 Å². The summed E-state index contributed by atoms with van der Waals surface area (Å²) in [7, 11) is 0. The minimum Gasteiger partial charge on any atom is -0.306 e. The van der Waals surface area contributed by atoms with Gasteiger partial charge in [0.1, 0.15) is 0 Å². The van der Waals surface area contributed by atoms with E-state index in [1.807, 2.05) is 27.7 Å². The largest absolute Gasteiger partial charge is 0.306 e. The maximum atomic E-state index is 11.7. The Hall–Kier alpha value is 0.520. The van der Waals surface area contributed by atoms with E-state index in [0.717, 1.165) is 6.42 Å². The van der Waals surface area contributed by atoms with E-state index in [4.69, 9.17) is 11.2 Å². The van der Waals surface area contributed by atoms with Crippen molar-refractivity contribution < 1.29 is 4.57 Å². The molecular weight excluding hydrogens is 167 g/mol. The molecule has 1 heterocycles. The summed E-state index contributed by atoms with van der Waals surface area (Å²) in [6.07, 6.45) is 0.973. The third kappa shape index (κ3) is 0.801. The van der Waals surface area contributed by atoms with E-state index >= 15 is 0 Å². The average Bonchev–Trinajstić information content (AvgIpc) is 1.61. The third-order valence-electron chi connectivity index (χ3n) is 2.42. The van der Waals surface area contributed by atoms with Crippen molar-refractivity contribution in [1.82, 2.24) is 0 Å². The highest BCUT2D eigenvalue weighted by atomic mass is 35.7. The van der Waals surface area contributed by atoms with E-state index in [2.05, 4.69) is 0 Å². The minimum absolute atomic E-state index is 0.127. The second-order valence-corrected chi connectivity index (χ2v) is 9.25. The second-order valence-electron chi connectivity index (χ2n) is 4.33. The van der Waals surface area contributed by atoms with E-state index in [-0.39, 0.29) is 10.3 Å². The molecule has 0 N–H and O–H groups in total. The van der Waals surface area contributed by atoms with E-state index in [1.165, 1.54) is 0 Å². The van der Waals surface area contributed by atoms with Gasteiger partial charge in [-0.2, -0.15) is 0 Å². The van der Waals surface area contributed by atoms with Crippen LogP contribution in [0.2, 0.25) is 0 Å². The van der Waals surface area contributed by atoms with Crippen molar-refractivity contribution >= 4 is 17.7 Å². The van der Waals surface area contributed by atoms with E-state index < -0.39 is 6.49 Å². The zero-order chi connectivity index (χ0) is 8.21. The quantitative estimate of drug-likeness (QED) is 0.522. The summed E-state index contributed by atoms with van der Waals surface area (Å²) in [4.78, 5) is 0. The molecule has 0 saturated carbocycles. The summed E-state index contributed by atoms with van der Waals surface area (Å²) in [5, 5.41) is -0.254. The Kier molecular flexibility index (Phi) is 1.56. The highest BCUT2D eigenvalue weighted by molar-refractivity contribution is 7.92. The van der Waals surface area contributed by atoms with Crippen molar-refractivity contribution in [3.05, 3.63) is 0 Å². The van der Waals surface area contributed by atoms with Gasteiger partial charge in [0.25, 0.3) is 0 Å². The normalized spacial score (nSPS) is 32.9. The Morgan fingerprint density at radius 1 is 1.20 bits per heavy atom. The van der Waals surface area contributed by atoms with Crippen molar-refractivity contribution in [1.29, 1.82) is 0 Å². The first-order valence-corrected chi connectivity index (χ1v) is 6.12. The van der Waals surface area contributed by atoms with Crippen LogP contribution in [0.15, 0.2) is 0 Å². The molecule has 10 heavy (non-hydrogen) atoms. The van der Waals surface area contributed by atoms with Gasteiger partial charge in [0.2, 0.25) is 0 Å². The lowest BCUT2D eigenvalue weighted by Gasteiger charge is -2.53. The first kappa shape index (κ1) is 8.62. The molecule has 3 heteroatoms. The molecule has 1 saturated heterocycles. The van der Waals surface area contributed by atoms with Crippen LogP contribution in [-0.4, -0.2) is 10.3 Å². The van der Waals surface area contributed by atoms with Gasteiger partial charge in [-0.05, 0) is 6.42 Å². The van der Waals surface area contributed by atoms with Crippen LogP contribution in [0.5, 0.6) is 0 Å². The molecule has 0 aliphatic carbocycles. The van der Waals surface area contributed by atoms with E-state index in [9.17, 15) is 4.57 Å². The molecule has 0 unspecified atom stereocenters. The summed E-state index contributed by atoms with van der Waals surface area (Å²) in [5.41, 5.74) is 0. The van der Waals surface area contributed by atoms with Crippen LogP contribution in [0, 0.1) is 0 Å². The summed E-state index contributed by atoms with van der Waals surface area (Å²) < 4.78 is 11.7. The first-order valence-electron chi connectivity index (χ1n) is 3.51. The topological polar surface area (TPSA) is 17.1 Å². The van der Waals surface area contributed by atoms with Gasteiger partial charge in [-0.1, -0.05) is 38.9 Å². The zero-order valence-corrected chi connectivity index (χ0v) is 8.59. The van der Waals surface area contributed by atoms with Crippen LogP contribution in [0.3, 0.4) is 0 Å². The lowest BCUT2D eigenvalue weighted by atomic mass is 9.96. The lowest BCUT2D eigenvalue weighted by Crippen LogP contribution is -2.46. The molecule has 1 nitrogen and oxygen atoms in total. The molecule has 1 rings (SSSR count). The third-order valence-corrected chi connectivity index (χ3v) is 8.60. The molecule has 60 valence electrons. The highest BCUT2D eigenvalue weighted by Crippen LogP contribution is 2.82. The highest BCUT2D eigenvalue weighted by Gasteiger charge is 2.61. The van der Waals surface area contributed by atoms with Crippen molar-refractivity contribution in [3.8, 4) is 0 Å². The van der Waals surface area contributed by atoms with Gasteiger partial charge < -0.3 is 4.57 Å². The molecule has 0 spiro atoms. The summed E-state index contributed by atoms with van der Waals surface area (Å²) in [6.45, 7) is 5.51. The van der Waals surface area contributed by atoms with Crippen molar-refractivity contribution in [2.75, 3.05) is 0 Å². The molecule has 1 aliphatic heterocycles. The van der Waals surface area contributed by atoms with Gasteiger partial charge in [0.15, 0.2) is 6.49 Å². The fourth-order valence-corrected chi connectivity index (χ4v) is 4.91. The Balaban J connectivity index is 2.97. The molecule has 1 aliphatic rings. The maximum Gasteiger partial charge on any atom is 0.180 e. The van der Waals surface area contributed by atoms with E-state index in [0.29, 0.717) is 0 Å². The molecule has 1 fully saturated rings. The summed E-state index contributed by atoms with van der Waals surface area (Å²) >= 11 is 5.94. The molecular formula is C7H14ClOP. The Morgan fingerprint density at radius 3 is 1.50 bits per heavy atom. The van der Waals surface area contributed by atoms with Crippen molar-refractivity contribution in [2.45, 2.75) is 44.4 Å². The van der Waals surface area contributed by atoms with Crippen LogP contribution in [0.25, 0.3) is 0 Å². The predicted molar refractivity (Wildman–Crippen MR) is 46.2 cm³/mol. The van der Waals surface area contributed by atoms with Gasteiger partial charge in [-0.15, -0.1) is 0 Å². The Bertz CT molecular complexity index is 190. The minimum atomic E-state index is -2.40. The second kappa shape index (κ2) is 1.81. The Labute approximate surface area is 67.3 Å². The van der Waals surface area contributed by atoms with Crippen molar-refractivity contribution in [2.24, 2.45) is 0 Å². The standard InChI is InChI=1S/C7H14ClOP/c1-6(2)5-7(3,4)10(6,8)9/h5H2,1-4H3. The van der Waals surface area contributed by atoms with Gasteiger partial charge in [0.05, 0.1) is 0 Å². The molecule has 0 atom stereocenters. The maximum absolute atomic E-state index is 11.7. The zero-order valence-electron chi connectivity index (χ0n) is 6.94. The molecule has 0 bridgehead atoms. The van der Waals surface area contributed by atoms with Crippen LogP contribution in [0.1, 0.15) is 34.1 Å². The predicted octanol–water partition coefficient (Wildman–Crippen LogP) is 3.46. The number of hydrogen-bond donors (Lipinski definition) is 0. The lowest BCUT2D eigenvalue weighted by molar-refractivity contribution is 0.398. The molecule has 0 aromatic carbocycles. The smallest absolute Gasteiger partial charge is 0.180 e. The number of halogens is 1. The fraction of sp³-hybridized carbons (Fsp3) is 1.00. The average molecular weight is 181 g/mol. The number of rotatable bonds is 0. The molecule has 0 aromatic heterocycles. The fourth-order valence-electron chi connectivity index (χ4n) is 1.99. The Morgan fingerprint density at radius 2 is 1.50 bits per heavy atom. The van der Waals surface area contributed by atoms with Crippen LogP contribution in [0.4, 0.5) is 0 Å². The van der Waals surface area contributed by atoms with Gasteiger partial charge in [0, 0.05) is 10.3 Å². The number of hydrogen-bond acceptors (Lipinski definition) is 1. The van der Waals surface area contributed by atoms with Gasteiger partial charge >= 0.3 is 0 Å². The van der Waals surface area contributed by atoms with Crippen LogP contribution < -0.4 is 0 Å². The van der Waals surface area contributed by atoms with Crippen LogP contribution >= 0.6 is 17.7 Å². The first-order chi connectivity index (χ1) is 4.21. The van der Waals surface area contributed by atoms with Gasteiger partial charge in [-0.25, -0.2) is 0 Å². The van der Waals surface area contributed by atoms with Crippen LogP contribution in [-0.2, 0) is 4.57 Å². The molecule has 0 radical (unpaired) electrons. The monoisotopic (exact) mass is 180 g/mol. The molecule has 0 aromatic rings. The van der Waals surface area contributed by atoms with E-state index in [1.54, 1.807) is 0 Å². The SMILES string of the molecule is CC1(C)CC(C)(C)P1(=O)Cl. The summed E-state index contributed by atoms with van der Waals surface area (Å²) in [5.74, 6) is 0.